The van der Waals surface area contributed by atoms with Crippen molar-refractivity contribution < 1.29 is 23.5 Å². The Morgan fingerprint density at radius 2 is 1.90 bits per heavy atom. The Kier molecular flexibility index (Phi) is 5.92. The normalized spacial score (nSPS) is 10.5. The van der Waals surface area contributed by atoms with Crippen molar-refractivity contribution in [1.29, 1.82) is 5.26 Å². The Bertz CT molecular complexity index is 1310. The quantitative estimate of drug-likeness (QED) is 0.571. The number of anilines is 2. The summed E-state index contributed by atoms with van der Waals surface area (Å²) in [6.07, 6.45) is -0.559. The zero-order chi connectivity index (χ0) is 22.7. The summed E-state index contributed by atoms with van der Waals surface area (Å²) in [6.45, 7) is 1.86. The first-order chi connectivity index (χ1) is 14.7. The molecule has 2 aromatic heterocycles. The molecule has 0 saturated heterocycles. The number of benzene rings is 1. The number of hydrogen-bond acceptors (Lipinski definition) is 5. The summed E-state index contributed by atoms with van der Waals surface area (Å²) in [7, 11) is 0. The number of amides is 2. The van der Waals surface area contributed by atoms with Crippen molar-refractivity contribution in [3.05, 3.63) is 52.5 Å². The monoisotopic (exact) mass is 427 g/mol. The summed E-state index contributed by atoms with van der Waals surface area (Å²) in [4.78, 5) is 39.6. The average molecular weight is 427 g/mol. The number of halogens is 2. The van der Waals surface area contributed by atoms with E-state index in [0.717, 1.165) is 6.07 Å². The topological polar surface area (TPSA) is 137 Å². The van der Waals surface area contributed by atoms with Gasteiger partial charge in [0.1, 0.15) is 23.9 Å². The van der Waals surface area contributed by atoms with Crippen LogP contribution in [0.5, 0.6) is 0 Å². The van der Waals surface area contributed by atoms with Crippen LogP contribution in [0.25, 0.3) is 22.0 Å². The van der Waals surface area contributed by atoms with Crippen LogP contribution in [0.4, 0.5) is 25.1 Å². The number of rotatable bonds is 5. The summed E-state index contributed by atoms with van der Waals surface area (Å²) in [6, 6.07) is 5.90. The lowest BCUT2D eigenvalue weighted by Crippen LogP contribution is -2.22. The minimum absolute atomic E-state index is 0.122. The molecule has 0 fully saturated rings. The highest BCUT2D eigenvalue weighted by Gasteiger charge is 2.18. The van der Waals surface area contributed by atoms with E-state index in [1.807, 2.05) is 5.32 Å². The molecule has 1 aromatic carbocycles. The number of nitriles is 1. The zero-order valence-electron chi connectivity index (χ0n) is 16.1. The van der Waals surface area contributed by atoms with E-state index in [2.05, 4.69) is 10.3 Å². The van der Waals surface area contributed by atoms with Gasteiger partial charge in [0, 0.05) is 35.8 Å². The Morgan fingerprint density at radius 3 is 2.55 bits per heavy atom. The minimum atomic E-state index is -1.55. The van der Waals surface area contributed by atoms with Gasteiger partial charge in [-0.1, -0.05) is 0 Å². The number of aromatic nitrogens is 2. The van der Waals surface area contributed by atoms with Crippen LogP contribution >= 0.6 is 0 Å². The van der Waals surface area contributed by atoms with E-state index in [0.29, 0.717) is 17.0 Å². The van der Waals surface area contributed by atoms with Crippen LogP contribution < -0.4 is 16.2 Å². The molecule has 9 nitrogen and oxygen atoms in total. The number of nitrogens with one attached hydrogen (secondary N) is 2. The predicted octanol–water partition coefficient (Wildman–Crippen LogP) is 3.30. The van der Waals surface area contributed by atoms with E-state index in [1.54, 1.807) is 13.0 Å². The van der Waals surface area contributed by atoms with E-state index in [4.69, 9.17) is 10.4 Å². The highest BCUT2D eigenvalue weighted by molar-refractivity contribution is 5.94. The van der Waals surface area contributed by atoms with Gasteiger partial charge in [-0.25, -0.2) is 18.6 Å². The van der Waals surface area contributed by atoms with E-state index >= 15 is 0 Å². The molecule has 0 aliphatic rings. The van der Waals surface area contributed by atoms with Crippen LogP contribution in [-0.2, 0) is 11.3 Å². The molecule has 0 bridgehead atoms. The maximum absolute atomic E-state index is 14.5. The second-order valence-electron chi connectivity index (χ2n) is 6.36. The maximum Gasteiger partial charge on any atom is 0.409 e. The van der Waals surface area contributed by atoms with Crippen molar-refractivity contribution in [2.24, 2.45) is 0 Å². The van der Waals surface area contributed by atoms with Crippen LogP contribution in [0.3, 0.4) is 0 Å². The van der Waals surface area contributed by atoms with Gasteiger partial charge < -0.3 is 15.0 Å². The summed E-state index contributed by atoms with van der Waals surface area (Å²) >= 11 is 0. The van der Waals surface area contributed by atoms with Gasteiger partial charge in [0.25, 0.3) is 5.56 Å². The van der Waals surface area contributed by atoms with Crippen LogP contribution in [-0.4, -0.2) is 26.7 Å². The summed E-state index contributed by atoms with van der Waals surface area (Å²) in [5.74, 6) is -2.60. The fourth-order valence-electron chi connectivity index (χ4n) is 3.07. The lowest BCUT2D eigenvalue weighted by atomic mass is 10.0. The van der Waals surface area contributed by atoms with Gasteiger partial charge in [0.2, 0.25) is 5.91 Å². The first kappa shape index (κ1) is 21.4. The molecule has 2 amide bonds. The van der Waals surface area contributed by atoms with Gasteiger partial charge >= 0.3 is 6.09 Å². The molecule has 0 atom stereocenters. The van der Waals surface area contributed by atoms with Crippen molar-refractivity contribution in [2.75, 3.05) is 10.6 Å². The van der Waals surface area contributed by atoms with Gasteiger partial charge in [-0.2, -0.15) is 5.26 Å². The van der Waals surface area contributed by atoms with Crippen molar-refractivity contribution in [3.63, 3.8) is 0 Å². The minimum Gasteiger partial charge on any atom is -0.465 e. The molecule has 158 valence electrons. The summed E-state index contributed by atoms with van der Waals surface area (Å²) in [5, 5.41) is 22.1. The number of hydrogen-bond donors (Lipinski definition) is 3. The third-order valence-corrected chi connectivity index (χ3v) is 4.39. The Hall–Kier alpha value is -4.33. The summed E-state index contributed by atoms with van der Waals surface area (Å²) < 4.78 is 29.7. The number of aryl methyl sites for hydroxylation is 1. The largest absolute Gasteiger partial charge is 0.465 e. The maximum atomic E-state index is 14.5. The number of carbonyl (C=O) groups excluding carboxylic acids is 1. The van der Waals surface area contributed by atoms with E-state index in [1.165, 1.54) is 22.9 Å². The van der Waals surface area contributed by atoms with Crippen molar-refractivity contribution in [1.82, 2.24) is 9.55 Å². The Labute approximate surface area is 173 Å². The van der Waals surface area contributed by atoms with Gasteiger partial charge in [-0.15, -0.1) is 0 Å². The van der Waals surface area contributed by atoms with Crippen molar-refractivity contribution >= 4 is 34.4 Å². The third-order valence-electron chi connectivity index (χ3n) is 4.39. The molecule has 3 rings (SSSR count). The predicted molar refractivity (Wildman–Crippen MR) is 108 cm³/mol. The highest BCUT2D eigenvalue weighted by Crippen LogP contribution is 2.29. The van der Waals surface area contributed by atoms with Crippen molar-refractivity contribution in [3.8, 4) is 17.2 Å². The molecular weight excluding hydrogens is 412 g/mol. The number of fused-ring (bicyclic) bond motifs is 1. The smallest absolute Gasteiger partial charge is 0.409 e. The van der Waals surface area contributed by atoms with Gasteiger partial charge in [-0.3, -0.25) is 14.9 Å². The molecule has 0 aliphatic carbocycles. The van der Waals surface area contributed by atoms with Crippen LogP contribution in [0, 0.1) is 23.0 Å². The third kappa shape index (κ3) is 4.32. The second kappa shape index (κ2) is 8.58. The highest BCUT2D eigenvalue weighted by atomic mass is 19.1. The van der Waals surface area contributed by atoms with Crippen molar-refractivity contribution in [2.45, 2.75) is 19.9 Å². The number of carbonyl (C=O) groups is 2. The first-order valence-corrected chi connectivity index (χ1v) is 8.95. The van der Waals surface area contributed by atoms with E-state index < -0.39 is 34.9 Å². The number of pyridine rings is 2. The average Bonchev–Trinajstić information content (AvgIpc) is 2.70. The molecule has 0 aliphatic heterocycles. The molecule has 3 N–H and O–H groups in total. The Balaban J connectivity index is 2.19. The van der Waals surface area contributed by atoms with Crippen LogP contribution in [0.15, 0.2) is 35.3 Å². The SMILES string of the molecule is CCn1c(=O)c(-c2cc(NC(=O)O)c(F)cc2F)cc2cnc(NC(=O)CC#N)cc21. The fraction of sp³-hybridized carbons (Fsp3) is 0.150. The molecule has 2 heterocycles. The fourth-order valence-corrected chi connectivity index (χ4v) is 3.07. The summed E-state index contributed by atoms with van der Waals surface area (Å²) in [5.41, 5.74) is -1.12. The molecule has 31 heavy (non-hydrogen) atoms. The lowest BCUT2D eigenvalue weighted by Gasteiger charge is -2.14. The Morgan fingerprint density at radius 1 is 1.16 bits per heavy atom. The number of carboxylic acid groups (broad SMARTS) is 1. The van der Waals surface area contributed by atoms with Gasteiger partial charge in [-0.05, 0) is 19.1 Å². The molecule has 0 spiro atoms. The van der Waals surface area contributed by atoms with Crippen LogP contribution in [0.2, 0.25) is 0 Å². The lowest BCUT2D eigenvalue weighted by molar-refractivity contribution is -0.115. The van der Waals surface area contributed by atoms with E-state index in [9.17, 15) is 23.2 Å². The van der Waals surface area contributed by atoms with E-state index in [-0.39, 0.29) is 29.9 Å². The molecule has 3 aromatic rings. The van der Waals surface area contributed by atoms with Gasteiger partial charge in [0.05, 0.1) is 22.8 Å². The van der Waals surface area contributed by atoms with Gasteiger partial charge in [0.15, 0.2) is 0 Å². The molecule has 0 saturated carbocycles. The van der Waals surface area contributed by atoms with Crippen LogP contribution in [0.1, 0.15) is 13.3 Å². The molecule has 0 unspecified atom stereocenters. The standard InChI is InChI=1S/C20H15F2N5O4/c1-2-27-16-8-17(26-18(28)3-4-23)24-9-10(16)5-12(19(27)29)11-6-15(25-20(30)31)14(22)7-13(11)21/h5-9,25H,2-3H2,1H3,(H,30,31)(H,24,26,28). The molecular formula is C20H15F2N5O4. The number of nitrogens with zero attached hydrogens (tertiary/aromatic N) is 3. The molecule has 0 radical (unpaired) electrons. The molecule has 11 heteroatoms. The second-order valence-corrected chi connectivity index (χ2v) is 6.36. The zero-order valence-corrected chi connectivity index (χ0v) is 16.1. The first-order valence-electron chi connectivity index (χ1n) is 8.95.